The van der Waals surface area contributed by atoms with Gasteiger partial charge in [-0.15, -0.1) is 0 Å². The lowest BCUT2D eigenvalue weighted by Gasteiger charge is -2.34. The van der Waals surface area contributed by atoms with Gasteiger partial charge in [-0.25, -0.2) is 4.39 Å². The molecule has 2 aromatic carbocycles. The summed E-state index contributed by atoms with van der Waals surface area (Å²) < 4.78 is 13.0. The smallest absolute Gasteiger partial charge is 0.222 e. The van der Waals surface area contributed by atoms with Crippen molar-refractivity contribution in [1.29, 1.82) is 0 Å². The summed E-state index contributed by atoms with van der Waals surface area (Å²) in [6.07, 6.45) is 4.45. The molecule has 0 radical (unpaired) electrons. The van der Waals surface area contributed by atoms with Crippen molar-refractivity contribution in [2.45, 2.75) is 32.1 Å². The summed E-state index contributed by atoms with van der Waals surface area (Å²) in [6, 6.07) is 14.5. The minimum atomic E-state index is -0.239. The summed E-state index contributed by atoms with van der Waals surface area (Å²) in [6.45, 7) is 4.08. The van der Waals surface area contributed by atoms with Crippen molar-refractivity contribution in [3.63, 3.8) is 0 Å². The van der Waals surface area contributed by atoms with Crippen molar-refractivity contribution >= 4 is 17.5 Å². The van der Waals surface area contributed by atoms with Crippen molar-refractivity contribution in [3.05, 3.63) is 70.5 Å². The fourth-order valence-corrected chi connectivity index (χ4v) is 4.04. The first-order valence-electron chi connectivity index (χ1n) is 10.4. The van der Waals surface area contributed by atoms with Gasteiger partial charge in [0.15, 0.2) is 0 Å². The Hall–Kier alpha value is -1.91. The SMILES string of the molecule is CN(CC1CCN(CCc2ccc(Cl)cc2)CC1)C(=O)CCc1ccc(F)cc1. The molecule has 0 spiro atoms. The third-order valence-corrected chi connectivity index (χ3v) is 6.09. The van der Waals surface area contributed by atoms with Gasteiger partial charge in [0.1, 0.15) is 5.82 Å². The van der Waals surface area contributed by atoms with E-state index in [4.69, 9.17) is 11.6 Å². The topological polar surface area (TPSA) is 23.6 Å². The number of carbonyl (C=O) groups is 1. The van der Waals surface area contributed by atoms with Crippen LogP contribution in [0.3, 0.4) is 0 Å². The zero-order valence-corrected chi connectivity index (χ0v) is 17.9. The molecule has 3 nitrogen and oxygen atoms in total. The number of rotatable bonds is 8. The molecule has 0 aromatic heterocycles. The molecule has 2 aromatic rings. The monoisotopic (exact) mass is 416 g/mol. The van der Waals surface area contributed by atoms with Crippen molar-refractivity contribution < 1.29 is 9.18 Å². The van der Waals surface area contributed by atoms with Gasteiger partial charge >= 0.3 is 0 Å². The Kier molecular flexibility index (Phi) is 8.08. The lowest BCUT2D eigenvalue weighted by molar-refractivity contribution is -0.130. The van der Waals surface area contributed by atoms with Gasteiger partial charge in [-0.2, -0.15) is 0 Å². The Labute approximate surface area is 178 Å². The number of benzene rings is 2. The molecule has 1 amide bonds. The van der Waals surface area contributed by atoms with Crippen molar-refractivity contribution in [1.82, 2.24) is 9.80 Å². The van der Waals surface area contributed by atoms with Gasteiger partial charge in [-0.3, -0.25) is 4.79 Å². The highest BCUT2D eigenvalue weighted by Crippen LogP contribution is 2.19. The molecule has 0 N–H and O–H groups in total. The molecule has 156 valence electrons. The largest absolute Gasteiger partial charge is 0.345 e. The maximum absolute atomic E-state index is 13.0. The van der Waals surface area contributed by atoms with Crippen LogP contribution in [-0.4, -0.2) is 48.9 Å². The van der Waals surface area contributed by atoms with Gasteiger partial charge in [0.05, 0.1) is 0 Å². The van der Waals surface area contributed by atoms with Gasteiger partial charge < -0.3 is 9.80 Å². The van der Waals surface area contributed by atoms with Crippen LogP contribution in [0.1, 0.15) is 30.4 Å². The van der Waals surface area contributed by atoms with Gasteiger partial charge in [-0.1, -0.05) is 35.9 Å². The maximum Gasteiger partial charge on any atom is 0.222 e. The summed E-state index contributed by atoms with van der Waals surface area (Å²) in [4.78, 5) is 16.8. The molecule has 1 heterocycles. The van der Waals surface area contributed by atoms with E-state index < -0.39 is 0 Å². The summed E-state index contributed by atoms with van der Waals surface area (Å²) in [5, 5.41) is 0.783. The van der Waals surface area contributed by atoms with E-state index in [1.807, 2.05) is 24.1 Å². The molecule has 1 saturated heterocycles. The maximum atomic E-state index is 13.0. The van der Waals surface area contributed by atoms with Crippen LogP contribution < -0.4 is 0 Å². The Bertz CT molecular complexity index is 770. The van der Waals surface area contributed by atoms with Crippen LogP contribution in [0.2, 0.25) is 5.02 Å². The molecule has 3 rings (SSSR count). The number of amides is 1. The lowest BCUT2D eigenvalue weighted by Crippen LogP contribution is -2.40. The van der Waals surface area contributed by atoms with E-state index in [9.17, 15) is 9.18 Å². The van der Waals surface area contributed by atoms with Crippen LogP contribution in [0.25, 0.3) is 0 Å². The molecule has 0 unspecified atom stereocenters. The average Bonchev–Trinajstić information content (AvgIpc) is 2.73. The van der Waals surface area contributed by atoms with E-state index in [0.717, 1.165) is 56.0 Å². The third kappa shape index (κ3) is 7.13. The second kappa shape index (κ2) is 10.7. The standard InChI is InChI=1S/C24H30ClFN2O/c1-27(24(29)11-6-19-4-9-23(26)10-5-19)18-21-13-16-28(17-14-21)15-12-20-2-7-22(25)8-3-20/h2-5,7-10,21H,6,11-18H2,1H3. The number of hydrogen-bond acceptors (Lipinski definition) is 2. The molecular formula is C24H30ClFN2O. The molecule has 1 aliphatic rings. The molecule has 0 saturated carbocycles. The Balaban J connectivity index is 1.34. The first-order valence-corrected chi connectivity index (χ1v) is 10.8. The predicted molar refractivity (Wildman–Crippen MR) is 117 cm³/mol. The minimum Gasteiger partial charge on any atom is -0.345 e. The summed E-state index contributed by atoms with van der Waals surface area (Å²) in [5.41, 5.74) is 2.32. The van der Waals surface area contributed by atoms with E-state index >= 15 is 0 Å². The van der Waals surface area contributed by atoms with Gasteiger partial charge in [0.25, 0.3) is 0 Å². The quantitative estimate of drug-likeness (QED) is 0.615. The average molecular weight is 417 g/mol. The van der Waals surface area contributed by atoms with Crippen LogP contribution in [0, 0.1) is 11.7 Å². The van der Waals surface area contributed by atoms with Crippen molar-refractivity contribution in [2.75, 3.05) is 33.2 Å². The second-order valence-corrected chi connectivity index (χ2v) is 8.50. The molecule has 0 aliphatic carbocycles. The number of piperidine rings is 1. The van der Waals surface area contributed by atoms with E-state index in [0.29, 0.717) is 18.8 Å². The van der Waals surface area contributed by atoms with Crippen LogP contribution in [-0.2, 0) is 17.6 Å². The zero-order valence-electron chi connectivity index (χ0n) is 17.1. The molecule has 0 bridgehead atoms. The molecule has 0 atom stereocenters. The first-order chi connectivity index (χ1) is 14.0. The van der Waals surface area contributed by atoms with Crippen LogP contribution >= 0.6 is 11.6 Å². The number of carbonyl (C=O) groups excluding carboxylic acids is 1. The summed E-state index contributed by atoms with van der Waals surface area (Å²) >= 11 is 5.94. The van der Waals surface area contributed by atoms with Crippen LogP contribution in [0.4, 0.5) is 4.39 Å². The Morgan fingerprint density at radius 3 is 2.28 bits per heavy atom. The molecule has 5 heteroatoms. The number of likely N-dealkylation sites (tertiary alicyclic amines) is 1. The molecule has 1 aliphatic heterocycles. The summed E-state index contributed by atoms with van der Waals surface area (Å²) in [5.74, 6) is 0.498. The highest BCUT2D eigenvalue weighted by Gasteiger charge is 2.21. The third-order valence-electron chi connectivity index (χ3n) is 5.84. The van der Waals surface area contributed by atoms with E-state index in [1.165, 1.54) is 17.7 Å². The minimum absolute atomic E-state index is 0.166. The van der Waals surface area contributed by atoms with Gasteiger partial charge in [-0.05, 0) is 80.1 Å². The van der Waals surface area contributed by atoms with Crippen LogP contribution in [0.5, 0.6) is 0 Å². The normalized spacial score (nSPS) is 15.4. The van der Waals surface area contributed by atoms with E-state index in [1.54, 1.807) is 12.1 Å². The van der Waals surface area contributed by atoms with Crippen molar-refractivity contribution in [2.24, 2.45) is 5.92 Å². The lowest BCUT2D eigenvalue weighted by atomic mass is 9.95. The molecule has 29 heavy (non-hydrogen) atoms. The fourth-order valence-electron chi connectivity index (χ4n) is 3.91. The molecule has 1 fully saturated rings. The van der Waals surface area contributed by atoms with Crippen LogP contribution in [0.15, 0.2) is 48.5 Å². The Morgan fingerprint density at radius 2 is 1.62 bits per heavy atom. The van der Waals surface area contributed by atoms with E-state index in [-0.39, 0.29) is 11.7 Å². The molecular weight excluding hydrogens is 387 g/mol. The zero-order chi connectivity index (χ0) is 20.6. The van der Waals surface area contributed by atoms with Gasteiger partial charge in [0.2, 0.25) is 5.91 Å². The fraction of sp³-hybridized carbons (Fsp3) is 0.458. The number of aryl methyl sites for hydroxylation is 1. The predicted octanol–water partition coefficient (Wildman–Crippen LogP) is 4.82. The highest BCUT2D eigenvalue weighted by atomic mass is 35.5. The van der Waals surface area contributed by atoms with Crippen molar-refractivity contribution in [3.8, 4) is 0 Å². The first kappa shape index (κ1) is 21.8. The second-order valence-electron chi connectivity index (χ2n) is 8.06. The number of nitrogens with zero attached hydrogens (tertiary/aromatic N) is 2. The summed E-state index contributed by atoms with van der Waals surface area (Å²) in [7, 11) is 1.90. The Morgan fingerprint density at radius 1 is 1.03 bits per heavy atom. The number of hydrogen-bond donors (Lipinski definition) is 0. The van der Waals surface area contributed by atoms with E-state index in [2.05, 4.69) is 17.0 Å². The highest BCUT2D eigenvalue weighted by molar-refractivity contribution is 6.30. The number of halogens is 2. The van der Waals surface area contributed by atoms with Gasteiger partial charge in [0, 0.05) is 31.6 Å².